The Morgan fingerprint density at radius 1 is 1.04 bits per heavy atom. The molecule has 134 valence electrons. The molecule has 3 nitrogen and oxygen atoms in total. The van der Waals surface area contributed by atoms with E-state index in [2.05, 4.69) is 39.9 Å². The van der Waals surface area contributed by atoms with Crippen LogP contribution in [0.25, 0.3) is 0 Å². The number of rotatable bonds is 4. The molecule has 0 spiro atoms. The second kappa shape index (κ2) is 7.34. The van der Waals surface area contributed by atoms with E-state index in [0.717, 1.165) is 30.8 Å². The topological polar surface area (TPSA) is 17.4 Å². The third kappa shape index (κ3) is 3.25. The van der Waals surface area contributed by atoms with Gasteiger partial charge in [0.2, 0.25) is 0 Å². The van der Waals surface area contributed by atoms with Crippen LogP contribution in [0.15, 0.2) is 66.9 Å². The molecular formula is C22H23FN2O. The number of halogens is 1. The predicted octanol–water partition coefficient (Wildman–Crippen LogP) is 4.63. The van der Waals surface area contributed by atoms with Crippen molar-refractivity contribution in [2.45, 2.75) is 25.6 Å². The molecule has 0 saturated heterocycles. The van der Waals surface area contributed by atoms with E-state index in [1.807, 2.05) is 24.3 Å². The maximum absolute atomic E-state index is 14.3. The van der Waals surface area contributed by atoms with E-state index in [-0.39, 0.29) is 11.9 Å². The van der Waals surface area contributed by atoms with Gasteiger partial charge in [0.15, 0.2) is 0 Å². The Morgan fingerprint density at radius 3 is 2.77 bits per heavy atom. The van der Waals surface area contributed by atoms with Crippen LogP contribution in [0.2, 0.25) is 0 Å². The summed E-state index contributed by atoms with van der Waals surface area (Å²) in [7, 11) is 1.69. The molecule has 1 aliphatic heterocycles. The van der Waals surface area contributed by atoms with Crippen LogP contribution in [-0.2, 0) is 13.1 Å². The molecule has 4 rings (SSSR count). The molecule has 26 heavy (non-hydrogen) atoms. The van der Waals surface area contributed by atoms with Gasteiger partial charge >= 0.3 is 0 Å². The van der Waals surface area contributed by atoms with Crippen molar-refractivity contribution in [3.63, 3.8) is 0 Å². The Morgan fingerprint density at radius 2 is 1.92 bits per heavy atom. The summed E-state index contributed by atoms with van der Waals surface area (Å²) in [6.07, 6.45) is 3.17. The second-order valence-corrected chi connectivity index (χ2v) is 6.72. The highest BCUT2D eigenvalue weighted by atomic mass is 19.1. The van der Waals surface area contributed by atoms with Crippen molar-refractivity contribution in [1.82, 2.24) is 9.47 Å². The Labute approximate surface area is 153 Å². The first kappa shape index (κ1) is 16.9. The van der Waals surface area contributed by atoms with Crippen molar-refractivity contribution in [3.8, 4) is 5.75 Å². The van der Waals surface area contributed by atoms with Gasteiger partial charge in [-0.05, 0) is 42.3 Å². The quantitative estimate of drug-likeness (QED) is 0.682. The molecule has 0 amide bonds. The number of hydrogen-bond donors (Lipinski definition) is 0. The first-order valence-corrected chi connectivity index (χ1v) is 9.03. The molecule has 1 atom stereocenters. The molecule has 0 fully saturated rings. The minimum Gasteiger partial charge on any atom is -0.497 e. The summed E-state index contributed by atoms with van der Waals surface area (Å²) in [5.74, 6) is 0.701. The van der Waals surface area contributed by atoms with Gasteiger partial charge in [-0.15, -0.1) is 0 Å². The van der Waals surface area contributed by atoms with E-state index in [9.17, 15) is 4.39 Å². The highest BCUT2D eigenvalue weighted by molar-refractivity contribution is 5.36. The lowest BCUT2D eigenvalue weighted by atomic mass is 10.0. The molecular weight excluding hydrogens is 327 g/mol. The van der Waals surface area contributed by atoms with Gasteiger partial charge < -0.3 is 9.30 Å². The van der Waals surface area contributed by atoms with Crippen LogP contribution in [0.5, 0.6) is 5.75 Å². The Balaban J connectivity index is 1.76. The molecule has 1 unspecified atom stereocenters. The van der Waals surface area contributed by atoms with E-state index >= 15 is 0 Å². The fraction of sp³-hybridized carbons (Fsp3) is 0.273. The summed E-state index contributed by atoms with van der Waals surface area (Å²) in [4.78, 5) is 2.37. The lowest BCUT2D eigenvalue weighted by molar-refractivity contribution is 0.217. The van der Waals surface area contributed by atoms with E-state index < -0.39 is 0 Å². The average Bonchev–Trinajstić information content (AvgIpc) is 3.05. The zero-order valence-electron chi connectivity index (χ0n) is 14.9. The average molecular weight is 350 g/mol. The second-order valence-electron chi connectivity index (χ2n) is 6.72. The van der Waals surface area contributed by atoms with Crippen molar-refractivity contribution in [2.24, 2.45) is 0 Å². The molecule has 2 aromatic carbocycles. The largest absolute Gasteiger partial charge is 0.497 e. The monoisotopic (exact) mass is 350 g/mol. The third-order valence-electron chi connectivity index (χ3n) is 5.10. The zero-order chi connectivity index (χ0) is 17.9. The standard InChI is InChI=1S/C22H23FN2O/c1-26-19-9-4-8-17(15-19)22-21-11-5-12-24(21)13-6-14-25(22)16-18-7-2-3-10-20(18)23/h2-5,7-12,15,22H,6,13-14,16H2,1H3. The van der Waals surface area contributed by atoms with Crippen LogP contribution in [0.3, 0.4) is 0 Å². The van der Waals surface area contributed by atoms with Gasteiger partial charge in [-0.3, -0.25) is 4.90 Å². The van der Waals surface area contributed by atoms with Crippen molar-refractivity contribution in [2.75, 3.05) is 13.7 Å². The van der Waals surface area contributed by atoms with Gasteiger partial charge in [0, 0.05) is 37.1 Å². The minimum atomic E-state index is -0.142. The van der Waals surface area contributed by atoms with Gasteiger partial charge in [0.1, 0.15) is 11.6 Å². The number of fused-ring (bicyclic) bond motifs is 1. The molecule has 0 aliphatic carbocycles. The zero-order valence-corrected chi connectivity index (χ0v) is 14.9. The van der Waals surface area contributed by atoms with Crippen LogP contribution in [0.1, 0.15) is 29.3 Å². The lowest BCUT2D eigenvalue weighted by Crippen LogP contribution is -2.29. The number of aromatic nitrogens is 1. The van der Waals surface area contributed by atoms with Crippen molar-refractivity contribution >= 4 is 0 Å². The maximum Gasteiger partial charge on any atom is 0.127 e. The van der Waals surface area contributed by atoms with E-state index in [1.165, 1.54) is 17.3 Å². The third-order valence-corrected chi connectivity index (χ3v) is 5.10. The molecule has 0 N–H and O–H groups in total. The van der Waals surface area contributed by atoms with Crippen LogP contribution >= 0.6 is 0 Å². The van der Waals surface area contributed by atoms with Crippen LogP contribution in [0, 0.1) is 5.82 Å². The summed E-state index contributed by atoms with van der Waals surface area (Å²) < 4.78 is 22.0. The Kier molecular flexibility index (Phi) is 4.76. The summed E-state index contributed by atoms with van der Waals surface area (Å²) >= 11 is 0. The predicted molar refractivity (Wildman–Crippen MR) is 101 cm³/mol. The van der Waals surface area contributed by atoms with Crippen LogP contribution in [0.4, 0.5) is 4.39 Å². The Hall–Kier alpha value is -2.59. The highest BCUT2D eigenvalue weighted by Gasteiger charge is 2.28. The first-order chi connectivity index (χ1) is 12.8. The number of benzene rings is 2. The van der Waals surface area contributed by atoms with Gasteiger partial charge in [-0.1, -0.05) is 30.3 Å². The summed E-state index contributed by atoms with van der Waals surface area (Å²) in [5, 5.41) is 0. The van der Waals surface area contributed by atoms with E-state index in [4.69, 9.17) is 4.74 Å². The SMILES string of the molecule is COc1cccc(C2c3cccn3CCCN2Cc2ccccc2F)c1. The molecule has 1 aromatic heterocycles. The summed E-state index contributed by atoms with van der Waals surface area (Å²) in [6.45, 7) is 2.48. The first-order valence-electron chi connectivity index (χ1n) is 9.03. The number of nitrogens with zero attached hydrogens (tertiary/aromatic N) is 2. The molecule has 2 heterocycles. The van der Waals surface area contributed by atoms with Gasteiger partial charge in [0.05, 0.1) is 13.2 Å². The number of methoxy groups -OCH3 is 1. The minimum absolute atomic E-state index is 0.0715. The molecule has 4 heteroatoms. The summed E-state index contributed by atoms with van der Waals surface area (Å²) in [5.41, 5.74) is 3.15. The van der Waals surface area contributed by atoms with Crippen molar-refractivity contribution in [1.29, 1.82) is 0 Å². The molecule has 0 bridgehead atoms. The lowest BCUT2D eigenvalue weighted by Gasteiger charge is -2.31. The van der Waals surface area contributed by atoms with E-state index in [1.54, 1.807) is 13.2 Å². The Bertz CT molecular complexity index is 889. The smallest absolute Gasteiger partial charge is 0.127 e. The maximum atomic E-state index is 14.3. The molecule has 3 aromatic rings. The summed E-state index contributed by atoms with van der Waals surface area (Å²) in [6, 6.07) is 19.6. The highest BCUT2D eigenvalue weighted by Crippen LogP contribution is 2.34. The van der Waals surface area contributed by atoms with Gasteiger partial charge in [-0.25, -0.2) is 4.39 Å². The van der Waals surface area contributed by atoms with Crippen LogP contribution < -0.4 is 4.74 Å². The molecule has 0 radical (unpaired) electrons. The number of ether oxygens (including phenoxy) is 1. The van der Waals surface area contributed by atoms with Crippen molar-refractivity contribution in [3.05, 3.63) is 89.5 Å². The van der Waals surface area contributed by atoms with Gasteiger partial charge in [-0.2, -0.15) is 0 Å². The van der Waals surface area contributed by atoms with Crippen molar-refractivity contribution < 1.29 is 9.13 Å². The van der Waals surface area contributed by atoms with E-state index in [0.29, 0.717) is 6.54 Å². The van der Waals surface area contributed by atoms with Crippen LogP contribution in [-0.4, -0.2) is 23.1 Å². The molecule has 1 aliphatic rings. The molecule has 0 saturated carbocycles. The fourth-order valence-corrected chi connectivity index (χ4v) is 3.85. The number of hydrogen-bond acceptors (Lipinski definition) is 2. The van der Waals surface area contributed by atoms with Gasteiger partial charge in [0.25, 0.3) is 0 Å². The normalized spacial score (nSPS) is 17.5. The fourth-order valence-electron chi connectivity index (χ4n) is 3.85. The number of aryl methyl sites for hydroxylation is 1.